The molecule has 0 radical (unpaired) electrons. The highest BCUT2D eigenvalue weighted by atomic mass is 79.9. The number of sulfonamides is 1. The van der Waals surface area contributed by atoms with E-state index in [1.54, 1.807) is 42.2 Å². The molecule has 0 amide bonds. The van der Waals surface area contributed by atoms with E-state index >= 15 is 0 Å². The van der Waals surface area contributed by atoms with Crippen LogP contribution in [0.5, 0.6) is 0 Å². The lowest BCUT2D eigenvalue weighted by molar-refractivity contribution is 0.494. The lowest BCUT2D eigenvalue weighted by Gasteiger charge is -2.15. The zero-order valence-corrected chi connectivity index (χ0v) is 13.2. The van der Waals surface area contributed by atoms with Crippen LogP contribution in [0.15, 0.2) is 46.0 Å². The largest absolute Gasteiger partial charge is 0.398 e. The van der Waals surface area contributed by atoms with Crippen LogP contribution in [0.4, 0.5) is 5.69 Å². The molecule has 0 saturated carbocycles. The van der Waals surface area contributed by atoms with Gasteiger partial charge in [0.25, 0.3) is 0 Å². The van der Waals surface area contributed by atoms with Crippen LogP contribution in [0, 0.1) is 0 Å². The van der Waals surface area contributed by atoms with Crippen molar-refractivity contribution in [2.75, 3.05) is 5.73 Å². The lowest BCUT2D eigenvalue weighted by atomic mass is 10.3. The smallest absolute Gasteiger partial charge is 0.242 e. The van der Waals surface area contributed by atoms with Gasteiger partial charge in [0.15, 0.2) is 0 Å². The summed E-state index contributed by atoms with van der Waals surface area (Å²) in [6, 6.07) is 6.16. The summed E-state index contributed by atoms with van der Waals surface area (Å²) in [5.74, 6) is 0. The molecular weight excluding hydrogens is 344 g/mol. The summed E-state index contributed by atoms with van der Waals surface area (Å²) in [6.45, 7) is 2.22. The van der Waals surface area contributed by atoms with Crippen molar-refractivity contribution in [3.05, 3.63) is 41.1 Å². The minimum Gasteiger partial charge on any atom is -0.398 e. The molecular formula is C12H15BrN4O2S. The van der Waals surface area contributed by atoms with E-state index in [2.05, 4.69) is 25.8 Å². The maximum atomic E-state index is 12.3. The molecule has 0 aliphatic rings. The molecule has 8 heteroatoms. The Hall–Kier alpha value is -1.38. The first-order chi connectivity index (χ1) is 9.38. The zero-order chi connectivity index (χ0) is 14.8. The van der Waals surface area contributed by atoms with Gasteiger partial charge in [-0.2, -0.15) is 5.10 Å². The minimum absolute atomic E-state index is 0.0769. The van der Waals surface area contributed by atoms with Crippen LogP contribution in [0.25, 0.3) is 0 Å². The van der Waals surface area contributed by atoms with Gasteiger partial charge >= 0.3 is 0 Å². The molecule has 1 aromatic carbocycles. The molecule has 0 fully saturated rings. The normalized spacial score (nSPS) is 13.3. The molecule has 1 atom stereocenters. The first kappa shape index (κ1) is 15.0. The summed E-state index contributed by atoms with van der Waals surface area (Å²) in [5.41, 5.74) is 5.96. The van der Waals surface area contributed by atoms with E-state index in [1.165, 1.54) is 6.07 Å². The van der Waals surface area contributed by atoms with Crippen molar-refractivity contribution in [2.24, 2.45) is 0 Å². The van der Waals surface area contributed by atoms with E-state index in [0.717, 1.165) is 4.47 Å². The van der Waals surface area contributed by atoms with Crippen LogP contribution in [0.3, 0.4) is 0 Å². The van der Waals surface area contributed by atoms with Crippen molar-refractivity contribution in [3.8, 4) is 0 Å². The molecule has 1 heterocycles. The third-order valence-corrected chi connectivity index (χ3v) is 4.79. The highest BCUT2D eigenvalue weighted by molar-refractivity contribution is 9.10. The van der Waals surface area contributed by atoms with Gasteiger partial charge in [0, 0.05) is 22.9 Å². The predicted molar refractivity (Wildman–Crippen MR) is 80.6 cm³/mol. The molecule has 1 unspecified atom stereocenters. The van der Waals surface area contributed by atoms with Crippen molar-refractivity contribution in [2.45, 2.75) is 24.4 Å². The van der Waals surface area contributed by atoms with Crippen LogP contribution >= 0.6 is 15.9 Å². The van der Waals surface area contributed by atoms with Crippen LogP contribution in [-0.4, -0.2) is 24.2 Å². The van der Waals surface area contributed by atoms with E-state index in [-0.39, 0.29) is 16.6 Å². The fourth-order valence-corrected chi connectivity index (χ4v) is 3.55. The highest BCUT2D eigenvalue weighted by Crippen LogP contribution is 2.22. The SMILES string of the molecule is CC(Cn1cccn1)NS(=O)(=O)c1ccc(Br)cc1N. The molecule has 0 bridgehead atoms. The first-order valence-electron chi connectivity index (χ1n) is 5.93. The number of aromatic nitrogens is 2. The van der Waals surface area contributed by atoms with Gasteiger partial charge in [0.2, 0.25) is 10.0 Å². The molecule has 2 rings (SSSR count). The standard InChI is InChI=1S/C12H15BrN4O2S/c1-9(8-17-6-2-5-15-17)16-20(18,19)12-4-3-10(13)7-11(12)14/h2-7,9,16H,8,14H2,1H3. The summed E-state index contributed by atoms with van der Waals surface area (Å²) in [6.07, 6.45) is 3.42. The first-order valence-corrected chi connectivity index (χ1v) is 8.21. The summed E-state index contributed by atoms with van der Waals surface area (Å²) >= 11 is 3.25. The number of nitrogens with one attached hydrogen (secondary N) is 1. The molecule has 0 spiro atoms. The summed E-state index contributed by atoms with van der Waals surface area (Å²) in [5, 5.41) is 4.04. The maximum absolute atomic E-state index is 12.3. The predicted octanol–water partition coefficient (Wildman–Crippen LogP) is 1.59. The van der Waals surface area contributed by atoms with Crippen LogP contribution in [0.1, 0.15) is 6.92 Å². The van der Waals surface area contributed by atoms with E-state index < -0.39 is 10.0 Å². The zero-order valence-electron chi connectivity index (χ0n) is 10.8. The number of benzene rings is 1. The number of nitrogens with two attached hydrogens (primary N) is 1. The Kier molecular flexibility index (Phi) is 4.46. The number of nitrogen functional groups attached to an aromatic ring is 1. The van der Waals surface area contributed by atoms with Gasteiger partial charge in [-0.05, 0) is 31.2 Å². The fourth-order valence-electron chi connectivity index (χ4n) is 1.82. The third-order valence-electron chi connectivity index (χ3n) is 2.64. The average molecular weight is 359 g/mol. The van der Waals surface area contributed by atoms with Crippen LogP contribution in [0.2, 0.25) is 0 Å². The van der Waals surface area contributed by atoms with Crippen LogP contribution < -0.4 is 10.5 Å². The highest BCUT2D eigenvalue weighted by Gasteiger charge is 2.20. The Morgan fingerprint density at radius 3 is 2.85 bits per heavy atom. The van der Waals surface area contributed by atoms with Crippen LogP contribution in [-0.2, 0) is 16.6 Å². The third kappa shape index (κ3) is 3.59. The number of anilines is 1. The van der Waals surface area contributed by atoms with Crippen molar-refractivity contribution in [3.63, 3.8) is 0 Å². The molecule has 3 N–H and O–H groups in total. The second-order valence-corrected chi connectivity index (χ2v) is 7.03. The number of halogens is 1. The van der Waals surface area contributed by atoms with Crippen molar-refractivity contribution in [1.29, 1.82) is 0 Å². The van der Waals surface area contributed by atoms with Gasteiger partial charge in [-0.15, -0.1) is 0 Å². The monoisotopic (exact) mass is 358 g/mol. The molecule has 2 aromatic rings. The molecule has 6 nitrogen and oxygen atoms in total. The molecule has 1 aromatic heterocycles. The summed E-state index contributed by atoms with van der Waals surface area (Å²) in [7, 11) is -3.65. The Bertz CT molecular complexity index is 685. The number of hydrogen-bond acceptors (Lipinski definition) is 4. The Morgan fingerprint density at radius 1 is 1.50 bits per heavy atom. The van der Waals surface area contributed by atoms with E-state index in [9.17, 15) is 8.42 Å². The molecule has 0 aliphatic heterocycles. The minimum atomic E-state index is -3.65. The molecule has 0 saturated heterocycles. The van der Waals surface area contributed by atoms with Gasteiger partial charge in [-0.3, -0.25) is 4.68 Å². The van der Waals surface area contributed by atoms with E-state index in [1.807, 2.05) is 0 Å². The number of rotatable bonds is 5. The van der Waals surface area contributed by atoms with Gasteiger partial charge in [-0.25, -0.2) is 13.1 Å². The topological polar surface area (TPSA) is 90.0 Å². The molecule has 20 heavy (non-hydrogen) atoms. The number of nitrogens with zero attached hydrogens (tertiary/aromatic N) is 2. The fraction of sp³-hybridized carbons (Fsp3) is 0.250. The summed E-state index contributed by atoms with van der Waals surface area (Å²) < 4.78 is 29.5. The van der Waals surface area contributed by atoms with Gasteiger partial charge in [0.05, 0.1) is 12.2 Å². The van der Waals surface area contributed by atoms with Gasteiger partial charge in [-0.1, -0.05) is 15.9 Å². The van der Waals surface area contributed by atoms with Crippen molar-refractivity contribution >= 4 is 31.6 Å². The molecule has 108 valence electrons. The van der Waals surface area contributed by atoms with Crippen molar-refractivity contribution < 1.29 is 8.42 Å². The quantitative estimate of drug-likeness (QED) is 0.794. The van der Waals surface area contributed by atoms with Gasteiger partial charge in [0.1, 0.15) is 4.90 Å². The van der Waals surface area contributed by atoms with E-state index in [0.29, 0.717) is 6.54 Å². The Labute approximate surface area is 126 Å². The number of hydrogen-bond donors (Lipinski definition) is 2. The maximum Gasteiger partial charge on any atom is 0.242 e. The van der Waals surface area contributed by atoms with Crippen molar-refractivity contribution in [1.82, 2.24) is 14.5 Å². The van der Waals surface area contributed by atoms with Gasteiger partial charge < -0.3 is 5.73 Å². The Morgan fingerprint density at radius 2 is 2.25 bits per heavy atom. The second kappa shape index (κ2) is 5.94. The van der Waals surface area contributed by atoms with E-state index in [4.69, 9.17) is 5.73 Å². The second-order valence-electron chi connectivity index (χ2n) is 4.43. The summed E-state index contributed by atoms with van der Waals surface area (Å²) in [4.78, 5) is 0.0769. The average Bonchev–Trinajstić information content (AvgIpc) is 2.79. The lowest BCUT2D eigenvalue weighted by Crippen LogP contribution is -2.36. The Balaban J connectivity index is 2.14. The molecule has 0 aliphatic carbocycles.